The first-order valence-electron chi connectivity index (χ1n) is 6.57. The second-order valence-corrected chi connectivity index (χ2v) is 5.43. The lowest BCUT2D eigenvalue weighted by Gasteiger charge is -2.09. The zero-order valence-corrected chi connectivity index (χ0v) is 12.8. The topological polar surface area (TPSA) is 87.8 Å². The Morgan fingerprint density at radius 2 is 1.86 bits per heavy atom. The molecule has 114 valence electrons. The van der Waals surface area contributed by atoms with Crippen molar-refractivity contribution in [1.82, 2.24) is 18.7 Å². The maximum atomic E-state index is 12.4. The summed E-state index contributed by atoms with van der Waals surface area (Å²) in [5, 5.41) is 0.574. The molecule has 8 heteroatoms. The SMILES string of the molecule is Cn1c(=O)c2c(nc(N)n2Cc2ccccc2Cl)n(C)c1=O. The molecule has 0 atom stereocenters. The molecule has 0 bridgehead atoms. The van der Waals surface area contributed by atoms with Crippen molar-refractivity contribution >= 4 is 28.7 Å². The summed E-state index contributed by atoms with van der Waals surface area (Å²) < 4.78 is 3.90. The molecule has 1 aromatic carbocycles. The third-order valence-electron chi connectivity index (χ3n) is 3.66. The minimum atomic E-state index is -0.445. The molecule has 0 unspecified atom stereocenters. The number of hydrogen-bond donors (Lipinski definition) is 1. The number of rotatable bonds is 2. The zero-order chi connectivity index (χ0) is 16.0. The van der Waals surface area contributed by atoms with Gasteiger partial charge < -0.3 is 10.3 Å². The monoisotopic (exact) mass is 319 g/mol. The molecule has 2 N–H and O–H groups in total. The molecule has 0 radical (unpaired) electrons. The van der Waals surface area contributed by atoms with Crippen LogP contribution in [-0.4, -0.2) is 18.7 Å². The molecule has 3 rings (SSSR count). The van der Waals surface area contributed by atoms with Crippen molar-refractivity contribution in [2.75, 3.05) is 5.73 Å². The average molecular weight is 320 g/mol. The van der Waals surface area contributed by atoms with Crippen molar-refractivity contribution in [3.05, 3.63) is 55.7 Å². The second-order valence-electron chi connectivity index (χ2n) is 5.03. The predicted molar refractivity (Wildman–Crippen MR) is 85.2 cm³/mol. The van der Waals surface area contributed by atoms with Gasteiger partial charge >= 0.3 is 5.69 Å². The molecule has 2 aromatic heterocycles. The molecule has 0 aliphatic heterocycles. The first kappa shape index (κ1) is 14.4. The molecule has 0 saturated carbocycles. The third-order valence-corrected chi connectivity index (χ3v) is 4.03. The maximum absolute atomic E-state index is 12.4. The van der Waals surface area contributed by atoms with Crippen LogP contribution < -0.4 is 17.0 Å². The van der Waals surface area contributed by atoms with E-state index in [-0.39, 0.29) is 17.1 Å². The Hall–Kier alpha value is -2.54. The molecular weight excluding hydrogens is 306 g/mol. The molecule has 0 fully saturated rings. The van der Waals surface area contributed by atoms with E-state index in [1.807, 2.05) is 18.2 Å². The number of imidazole rings is 1. The summed E-state index contributed by atoms with van der Waals surface area (Å²) in [6.07, 6.45) is 0. The van der Waals surface area contributed by atoms with E-state index in [0.29, 0.717) is 11.6 Å². The smallest absolute Gasteiger partial charge is 0.332 e. The van der Waals surface area contributed by atoms with Crippen LogP contribution in [0.25, 0.3) is 11.2 Å². The highest BCUT2D eigenvalue weighted by molar-refractivity contribution is 6.31. The Kier molecular flexibility index (Phi) is 3.29. The number of aryl methyl sites for hydroxylation is 1. The van der Waals surface area contributed by atoms with Crippen LogP contribution in [0.1, 0.15) is 5.56 Å². The number of nitrogens with two attached hydrogens (primary N) is 1. The van der Waals surface area contributed by atoms with Crippen LogP contribution in [-0.2, 0) is 20.6 Å². The fourth-order valence-electron chi connectivity index (χ4n) is 2.42. The van der Waals surface area contributed by atoms with Gasteiger partial charge in [-0.05, 0) is 11.6 Å². The van der Waals surface area contributed by atoms with E-state index in [1.54, 1.807) is 17.7 Å². The van der Waals surface area contributed by atoms with Crippen molar-refractivity contribution < 1.29 is 0 Å². The van der Waals surface area contributed by atoms with Crippen molar-refractivity contribution in [2.45, 2.75) is 6.54 Å². The average Bonchev–Trinajstić information content (AvgIpc) is 2.82. The zero-order valence-electron chi connectivity index (χ0n) is 12.1. The van der Waals surface area contributed by atoms with E-state index in [2.05, 4.69) is 4.98 Å². The minimum Gasteiger partial charge on any atom is -0.369 e. The van der Waals surface area contributed by atoms with Gasteiger partial charge in [0.1, 0.15) is 0 Å². The van der Waals surface area contributed by atoms with Gasteiger partial charge in [0, 0.05) is 19.1 Å². The quantitative estimate of drug-likeness (QED) is 0.754. The lowest BCUT2D eigenvalue weighted by molar-refractivity contribution is 0.702. The number of benzene rings is 1. The van der Waals surface area contributed by atoms with Gasteiger partial charge in [-0.2, -0.15) is 4.98 Å². The molecule has 7 nitrogen and oxygen atoms in total. The summed E-state index contributed by atoms with van der Waals surface area (Å²) in [7, 11) is 2.98. The number of fused-ring (bicyclic) bond motifs is 1. The number of halogens is 1. The summed E-state index contributed by atoms with van der Waals surface area (Å²) in [6.45, 7) is 0.301. The second kappa shape index (κ2) is 5.03. The van der Waals surface area contributed by atoms with Gasteiger partial charge in [0.25, 0.3) is 5.56 Å². The van der Waals surface area contributed by atoms with Gasteiger partial charge in [0.2, 0.25) is 5.95 Å². The van der Waals surface area contributed by atoms with E-state index < -0.39 is 11.2 Å². The van der Waals surface area contributed by atoms with Crippen LogP contribution in [0, 0.1) is 0 Å². The molecule has 0 spiro atoms. The van der Waals surface area contributed by atoms with E-state index in [4.69, 9.17) is 17.3 Å². The Morgan fingerprint density at radius 3 is 2.55 bits per heavy atom. The number of anilines is 1. The number of nitrogen functional groups attached to an aromatic ring is 1. The van der Waals surface area contributed by atoms with Gasteiger partial charge in [-0.15, -0.1) is 0 Å². The lowest BCUT2D eigenvalue weighted by atomic mass is 10.2. The first-order chi connectivity index (χ1) is 10.4. The molecule has 0 amide bonds. The first-order valence-corrected chi connectivity index (χ1v) is 6.94. The van der Waals surface area contributed by atoms with Crippen LogP contribution in [0.3, 0.4) is 0 Å². The molecule has 0 saturated heterocycles. The van der Waals surface area contributed by atoms with Gasteiger partial charge in [0.15, 0.2) is 11.2 Å². The van der Waals surface area contributed by atoms with E-state index in [9.17, 15) is 9.59 Å². The Morgan fingerprint density at radius 1 is 1.18 bits per heavy atom. The molecule has 22 heavy (non-hydrogen) atoms. The van der Waals surface area contributed by atoms with E-state index >= 15 is 0 Å². The highest BCUT2D eigenvalue weighted by Crippen LogP contribution is 2.20. The van der Waals surface area contributed by atoms with Crippen molar-refractivity contribution in [3.63, 3.8) is 0 Å². The summed E-state index contributed by atoms with van der Waals surface area (Å²) in [4.78, 5) is 28.5. The van der Waals surface area contributed by atoms with Gasteiger partial charge in [-0.1, -0.05) is 29.8 Å². The summed E-state index contributed by atoms with van der Waals surface area (Å²) >= 11 is 6.16. The number of nitrogens with zero attached hydrogens (tertiary/aromatic N) is 4. The van der Waals surface area contributed by atoms with Crippen molar-refractivity contribution in [2.24, 2.45) is 14.1 Å². The van der Waals surface area contributed by atoms with Gasteiger partial charge in [-0.3, -0.25) is 13.9 Å². The van der Waals surface area contributed by atoms with Crippen LogP contribution >= 0.6 is 11.6 Å². The van der Waals surface area contributed by atoms with Gasteiger partial charge in [-0.25, -0.2) is 4.79 Å². The fourth-order valence-corrected chi connectivity index (χ4v) is 2.62. The predicted octanol–water partition coefficient (Wildman–Crippen LogP) is 0.718. The Balaban J connectivity index is 2.32. The fraction of sp³-hybridized carbons (Fsp3) is 0.214. The molecular formula is C14H14ClN5O2. The minimum absolute atomic E-state index is 0.160. The number of aromatic nitrogens is 4. The molecule has 3 aromatic rings. The van der Waals surface area contributed by atoms with Crippen LogP contribution in [0.4, 0.5) is 5.95 Å². The van der Waals surface area contributed by atoms with Crippen LogP contribution in [0.15, 0.2) is 33.9 Å². The molecule has 2 heterocycles. The van der Waals surface area contributed by atoms with Crippen molar-refractivity contribution in [1.29, 1.82) is 0 Å². The standard InChI is InChI=1S/C14H14ClN5O2/c1-18-11-10(12(21)19(2)14(18)22)20(13(16)17-11)7-8-5-3-4-6-9(8)15/h3-6H,7H2,1-2H3,(H2,16,17). The highest BCUT2D eigenvalue weighted by atomic mass is 35.5. The van der Waals surface area contributed by atoms with Crippen LogP contribution in [0.2, 0.25) is 5.02 Å². The maximum Gasteiger partial charge on any atom is 0.332 e. The summed E-state index contributed by atoms with van der Waals surface area (Å²) in [5.41, 5.74) is 6.41. The number of hydrogen-bond acceptors (Lipinski definition) is 4. The van der Waals surface area contributed by atoms with Crippen LogP contribution in [0.5, 0.6) is 0 Å². The summed E-state index contributed by atoms with van der Waals surface area (Å²) in [5.74, 6) is 0.160. The van der Waals surface area contributed by atoms with E-state index in [1.165, 1.54) is 11.6 Å². The van der Waals surface area contributed by atoms with Gasteiger partial charge in [0.05, 0.1) is 6.54 Å². The lowest BCUT2D eigenvalue weighted by Crippen LogP contribution is -2.37. The van der Waals surface area contributed by atoms with Crippen molar-refractivity contribution in [3.8, 4) is 0 Å². The van der Waals surface area contributed by atoms with E-state index in [0.717, 1.165) is 10.1 Å². The third kappa shape index (κ3) is 2.01. The summed E-state index contributed by atoms with van der Waals surface area (Å²) in [6, 6.07) is 7.29. The largest absolute Gasteiger partial charge is 0.369 e. The highest BCUT2D eigenvalue weighted by Gasteiger charge is 2.18. The Bertz CT molecular complexity index is 999. The molecule has 0 aliphatic rings. The Labute approximate surface area is 130 Å². The normalized spacial score (nSPS) is 11.2. The molecule has 0 aliphatic carbocycles.